The molecule has 5 heteroatoms. The number of anilines is 2. The number of carbonyl (C=O) groups is 1. The first-order valence-corrected chi connectivity index (χ1v) is 8.70. The number of rotatable bonds is 3. The first-order chi connectivity index (χ1) is 11.1. The Morgan fingerprint density at radius 3 is 2.70 bits per heavy atom. The quantitative estimate of drug-likeness (QED) is 0.867. The van der Waals surface area contributed by atoms with Gasteiger partial charge in [0, 0.05) is 29.4 Å². The van der Waals surface area contributed by atoms with Crippen molar-refractivity contribution in [2.24, 2.45) is 0 Å². The fourth-order valence-electron chi connectivity index (χ4n) is 2.84. The Morgan fingerprint density at radius 2 is 1.96 bits per heavy atom. The van der Waals surface area contributed by atoms with Crippen LogP contribution < -0.4 is 10.2 Å². The molecule has 0 atom stereocenters. The van der Waals surface area contributed by atoms with E-state index in [2.05, 4.69) is 31.1 Å². The SMILES string of the molecule is Cc1cc(Br)ccc1NC(=O)c1cncc(N2CCCCC2)c1. The van der Waals surface area contributed by atoms with Gasteiger partial charge in [0.25, 0.3) is 5.91 Å². The largest absolute Gasteiger partial charge is 0.370 e. The summed E-state index contributed by atoms with van der Waals surface area (Å²) < 4.78 is 1.00. The fourth-order valence-corrected chi connectivity index (χ4v) is 3.31. The molecule has 23 heavy (non-hydrogen) atoms. The van der Waals surface area contributed by atoms with Gasteiger partial charge in [-0.3, -0.25) is 9.78 Å². The number of halogens is 1. The Hall–Kier alpha value is -1.88. The number of hydrogen-bond acceptors (Lipinski definition) is 3. The van der Waals surface area contributed by atoms with Crippen molar-refractivity contribution in [3.63, 3.8) is 0 Å². The predicted molar refractivity (Wildman–Crippen MR) is 97.1 cm³/mol. The summed E-state index contributed by atoms with van der Waals surface area (Å²) in [5.74, 6) is -0.123. The number of nitrogens with one attached hydrogen (secondary N) is 1. The summed E-state index contributed by atoms with van der Waals surface area (Å²) in [5, 5.41) is 2.97. The van der Waals surface area contributed by atoms with Gasteiger partial charge in [0.1, 0.15) is 0 Å². The van der Waals surface area contributed by atoms with Gasteiger partial charge in [-0.2, -0.15) is 0 Å². The molecule has 0 bridgehead atoms. The number of aryl methyl sites for hydroxylation is 1. The minimum absolute atomic E-state index is 0.123. The molecule has 0 unspecified atom stereocenters. The van der Waals surface area contributed by atoms with E-state index in [1.54, 1.807) is 6.20 Å². The van der Waals surface area contributed by atoms with Gasteiger partial charge in [0.15, 0.2) is 0 Å². The number of pyridine rings is 1. The molecule has 2 heterocycles. The fraction of sp³-hybridized carbons (Fsp3) is 0.333. The lowest BCUT2D eigenvalue weighted by atomic mass is 10.1. The second-order valence-corrected chi connectivity index (χ2v) is 6.81. The summed E-state index contributed by atoms with van der Waals surface area (Å²) in [6, 6.07) is 7.74. The molecule has 0 saturated carbocycles. The average Bonchev–Trinajstić information content (AvgIpc) is 2.58. The standard InChI is InChI=1S/C18H20BrN3O/c1-13-9-15(19)5-6-17(13)21-18(23)14-10-16(12-20-11-14)22-7-3-2-4-8-22/h5-6,9-12H,2-4,7-8H2,1H3,(H,21,23). The second-order valence-electron chi connectivity index (χ2n) is 5.89. The number of aromatic nitrogens is 1. The van der Waals surface area contributed by atoms with Crippen molar-refractivity contribution < 1.29 is 4.79 Å². The molecule has 0 spiro atoms. The van der Waals surface area contributed by atoms with E-state index in [1.807, 2.05) is 37.4 Å². The lowest BCUT2D eigenvalue weighted by Crippen LogP contribution is -2.29. The van der Waals surface area contributed by atoms with E-state index in [0.717, 1.165) is 34.5 Å². The van der Waals surface area contributed by atoms with E-state index in [4.69, 9.17) is 0 Å². The number of hydrogen-bond donors (Lipinski definition) is 1. The van der Waals surface area contributed by atoms with E-state index in [0.29, 0.717) is 5.56 Å². The number of piperidine rings is 1. The third kappa shape index (κ3) is 3.91. The third-order valence-corrected chi connectivity index (χ3v) is 4.64. The highest BCUT2D eigenvalue weighted by atomic mass is 79.9. The molecule has 1 saturated heterocycles. The van der Waals surface area contributed by atoms with Gasteiger partial charge in [-0.05, 0) is 56.0 Å². The van der Waals surface area contributed by atoms with Crippen LogP contribution >= 0.6 is 15.9 Å². The highest BCUT2D eigenvalue weighted by Crippen LogP contribution is 2.22. The lowest BCUT2D eigenvalue weighted by molar-refractivity contribution is 0.102. The average molecular weight is 374 g/mol. The molecule has 1 aromatic carbocycles. The molecular formula is C18H20BrN3O. The molecule has 3 rings (SSSR count). The van der Waals surface area contributed by atoms with Crippen molar-refractivity contribution >= 4 is 33.2 Å². The van der Waals surface area contributed by atoms with Gasteiger partial charge in [0.2, 0.25) is 0 Å². The van der Waals surface area contributed by atoms with E-state index in [1.165, 1.54) is 19.3 Å². The van der Waals surface area contributed by atoms with Crippen molar-refractivity contribution in [2.75, 3.05) is 23.3 Å². The molecule has 0 radical (unpaired) electrons. The zero-order chi connectivity index (χ0) is 16.2. The lowest BCUT2D eigenvalue weighted by Gasteiger charge is -2.28. The minimum Gasteiger partial charge on any atom is -0.370 e. The minimum atomic E-state index is -0.123. The van der Waals surface area contributed by atoms with Crippen LogP contribution in [-0.4, -0.2) is 24.0 Å². The van der Waals surface area contributed by atoms with Gasteiger partial charge in [-0.1, -0.05) is 15.9 Å². The Kier molecular flexibility index (Phi) is 4.96. The van der Waals surface area contributed by atoms with Crippen LogP contribution in [0.4, 0.5) is 11.4 Å². The topological polar surface area (TPSA) is 45.2 Å². The van der Waals surface area contributed by atoms with Crippen LogP contribution in [0, 0.1) is 6.92 Å². The first kappa shape index (κ1) is 16.0. The van der Waals surface area contributed by atoms with Crippen LogP contribution in [0.3, 0.4) is 0 Å². The van der Waals surface area contributed by atoms with E-state index < -0.39 is 0 Å². The summed E-state index contributed by atoms with van der Waals surface area (Å²) in [6.07, 6.45) is 7.15. The summed E-state index contributed by atoms with van der Waals surface area (Å²) in [5.41, 5.74) is 3.47. The zero-order valence-corrected chi connectivity index (χ0v) is 14.8. The maximum Gasteiger partial charge on any atom is 0.257 e. The van der Waals surface area contributed by atoms with Gasteiger partial charge < -0.3 is 10.2 Å². The highest BCUT2D eigenvalue weighted by Gasteiger charge is 2.14. The maximum absolute atomic E-state index is 12.5. The maximum atomic E-state index is 12.5. The first-order valence-electron chi connectivity index (χ1n) is 7.91. The molecule has 4 nitrogen and oxygen atoms in total. The molecule has 1 amide bonds. The van der Waals surface area contributed by atoms with Crippen LogP contribution in [0.25, 0.3) is 0 Å². The number of benzene rings is 1. The van der Waals surface area contributed by atoms with Crippen molar-refractivity contribution in [1.82, 2.24) is 4.98 Å². The summed E-state index contributed by atoms with van der Waals surface area (Å²) in [6.45, 7) is 4.06. The summed E-state index contributed by atoms with van der Waals surface area (Å²) in [7, 11) is 0. The van der Waals surface area contributed by atoms with E-state index >= 15 is 0 Å². The Morgan fingerprint density at radius 1 is 1.17 bits per heavy atom. The van der Waals surface area contributed by atoms with E-state index in [-0.39, 0.29) is 5.91 Å². The molecule has 1 aliphatic rings. The van der Waals surface area contributed by atoms with Crippen LogP contribution in [0.1, 0.15) is 35.2 Å². The van der Waals surface area contributed by atoms with Gasteiger partial charge in [0.05, 0.1) is 17.4 Å². The van der Waals surface area contributed by atoms with Crippen molar-refractivity contribution in [2.45, 2.75) is 26.2 Å². The smallest absolute Gasteiger partial charge is 0.257 e. The van der Waals surface area contributed by atoms with Crippen LogP contribution in [0.15, 0.2) is 41.1 Å². The Labute approximate surface area is 145 Å². The number of nitrogens with zero attached hydrogens (tertiary/aromatic N) is 2. The third-order valence-electron chi connectivity index (χ3n) is 4.14. The van der Waals surface area contributed by atoms with Crippen molar-refractivity contribution in [3.8, 4) is 0 Å². The summed E-state index contributed by atoms with van der Waals surface area (Å²) >= 11 is 3.43. The molecule has 120 valence electrons. The molecule has 1 fully saturated rings. The zero-order valence-electron chi connectivity index (χ0n) is 13.2. The number of carbonyl (C=O) groups excluding carboxylic acids is 1. The van der Waals surface area contributed by atoms with Crippen LogP contribution in [-0.2, 0) is 0 Å². The van der Waals surface area contributed by atoms with Gasteiger partial charge in [-0.25, -0.2) is 0 Å². The normalized spacial score (nSPS) is 14.6. The molecular weight excluding hydrogens is 354 g/mol. The molecule has 1 N–H and O–H groups in total. The van der Waals surface area contributed by atoms with Crippen molar-refractivity contribution in [1.29, 1.82) is 0 Å². The number of amides is 1. The van der Waals surface area contributed by atoms with Gasteiger partial charge >= 0.3 is 0 Å². The molecule has 0 aliphatic carbocycles. The summed E-state index contributed by atoms with van der Waals surface area (Å²) in [4.78, 5) is 19.1. The van der Waals surface area contributed by atoms with Crippen LogP contribution in [0.2, 0.25) is 0 Å². The predicted octanol–water partition coefficient (Wildman–Crippen LogP) is 4.40. The molecule has 1 aliphatic heterocycles. The Balaban J connectivity index is 1.76. The van der Waals surface area contributed by atoms with Crippen LogP contribution in [0.5, 0.6) is 0 Å². The van der Waals surface area contributed by atoms with Crippen molar-refractivity contribution in [3.05, 3.63) is 52.3 Å². The molecule has 1 aromatic heterocycles. The molecule has 2 aromatic rings. The monoisotopic (exact) mass is 373 g/mol. The van der Waals surface area contributed by atoms with E-state index in [9.17, 15) is 4.79 Å². The second kappa shape index (κ2) is 7.13. The van der Waals surface area contributed by atoms with Gasteiger partial charge in [-0.15, -0.1) is 0 Å². The Bertz CT molecular complexity index is 711. The highest BCUT2D eigenvalue weighted by molar-refractivity contribution is 9.10.